The first-order chi connectivity index (χ1) is 16.0. The number of amides is 2. The maximum Gasteiger partial charge on any atom is 0.254 e. The van der Waals surface area contributed by atoms with Gasteiger partial charge in [-0.05, 0) is 24.3 Å². The Balaban J connectivity index is 1.66. The van der Waals surface area contributed by atoms with Crippen LogP contribution in [0.4, 0.5) is 0 Å². The number of ether oxygens (including phenoxy) is 1. The second-order valence-corrected chi connectivity index (χ2v) is 8.42. The number of piperazine rings is 1. The normalized spacial score (nSPS) is 14.5. The third-order valence-corrected chi connectivity index (χ3v) is 6.07. The predicted molar refractivity (Wildman–Crippen MR) is 133 cm³/mol. The molecular formula is C26H32ClN3O3. The molecule has 7 heteroatoms. The van der Waals surface area contributed by atoms with Crippen molar-refractivity contribution in [1.29, 1.82) is 0 Å². The summed E-state index contributed by atoms with van der Waals surface area (Å²) in [5, 5.41) is 0.544. The summed E-state index contributed by atoms with van der Waals surface area (Å²) in [6.07, 6.45) is 4.50. The SMILES string of the molecule is CCC(=O)N1CCN(CCN(C/C=C/c2ccccc2OC)C(=O)c2cccc(Cl)c2)CC1. The number of carbonyl (C=O) groups is 2. The molecule has 0 unspecified atom stereocenters. The Morgan fingerprint density at radius 3 is 2.55 bits per heavy atom. The van der Waals surface area contributed by atoms with E-state index in [1.165, 1.54) is 0 Å². The second-order valence-electron chi connectivity index (χ2n) is 7.98. The highest BCUT2D eigenvalue weighted by Crippen LogP contribution is 2.19. The number of rotatable bonds is 9. The van der Waals surface area contributed by atoms with E-state index in [1.807, 2.05) is 53.1 Å². The summed E-state index contributed by atoms with van der Waals surface area (Å²) in [5.74, 6) is 0.942. The number of hydrogen-bond acceptors (Lipinski definition) is 4. The Morgan fingerprint density at radius 1 is 1.09 bits per heavy atom. The van der Waals surface area contributed by atoms with Crippen LogP contribution in [0.15, 0.2) is 54.6 Å². The number of benzene rings is 2. The molecule has 2 amide bonds. The second kappa shape index (κ2) is 12.4. The van der Waals surface area contributed by atoms with Gasteiger partial charge in [-0.2, -0.15) is 0 Å². The highest BCUT2D eigenvalue weighted by molar-refractivity contribution is 6.30. The van der Waals surface area contributed by atoms with Crippen molar-refractivity contribution >= 4 is 29.5 Å². The van der Waals surface area contributed by atoms with Crippen LogP contribution in [-0.4, -0.2) is 79.4 Å². The van der Waals surface area contributed by atoms with E-state index >= 15 is 0 Å². The lowest BCUT2D eigenvalue weighted by atomic mass is 10.1. The first kappa shape index (κ1) is 24.8. The van der Waals surface area contributed by atoms with Crippen LogP contribution in [0.1, 0.15) is 29.3 Å². The smallest absolute Gasteiger partial charge is 0.254 e. The van der Waals surface area contributed by atoms with Crippen LogP contribution >= 0.6 is 11.6 Å². The van der Waals surface area contributed by atoms with Crippen molar-refractivity contribution in [3.63, 3.8) is 0 Å². The molecule has 1 fully saturated rings. The third kappa shape index (κ3) is 7.07. The molecule has 0 spiro atoms. The summed E-state index contributed by atoms with van der Waals surface area (Å²) in [7, 11) is 1.65. The van der Waals surface area contributed by atoms with Crippen molar-refractivity contribution in [2.45, 2.75) is 13.3 Å². The molecule has 1 heterocycles. The molecule has 6 nitrogen and oxygen atoms in total. The predicted octanol–water partition coefficient (Wildman–Crippen LogP) is 4.06. The van der Waals surface area contributed by atoms with Crippen LogP contribution in [0.5, 0.6) is 5.75 Å². The van der Waals surface area contributed by atoms with Gasteiger partial charge in [0.15, 0.2) is 0 Å². The number of hydrogen-bond donors (Lipinski definition) is 0. The van der Waals surface area contributed by atoms with Crippen LogP contribution in [0.3, 0.4) is 0 Å². The average molecular weight is 470 g/mol. The lowest BCUT2D eigenvalue weighted by Crippen LogP contribution is -2.50. The van der Waals surface area contributed by atoms with Gasteiger partial charge in [0, 0.05) is 68.4 Å². The minimum absolute atomic E-state index is 0.0537. The Hall–Kier alpha value is -2.83. The zero-order valence-electron chi connectivity index (χ0n) is 19.4. The molecule has 0 saturated carbocycles. The van der Waals surface area contributed by atoms with Gasteiger partial charge in [-0.15, -0.1) is 0 Å². The molecule has 33 heavy (non-hydrogen) atoms. The number of nitrogens with zero attached hydrogens (tertiary/aromatic N) is 3. The Morgan fingerprint density at radius 2 is 1.85 bits per heavy atom. The molecule has 0 bridgehead atoms. The Bertz CT molecular complexity index is 971. The van der Waals surface area contributed by atoms with Gasteiger partial charge in [-0.3, -0.25) is 14.5 Å². The molecule has 0 N–H and O–H groups in total. The summed E-state index contributed by atoms with van der Waals surface area (Å²) in [5.41, 5.74) is 1.54. The lowest BCUT2D eigenvalue weighted by molar-refractivity contribution is -0.132. The number of halogens is 1. The highest BCUT2D eigenvalue weighted by atomic mass is 35.5. The fraction of sp³-hybridized carbons (Fsp3) is 0.385. The van der Waals surface area contributed by atoms with E-state index in [9.17, 15) is 9.59 Å². The largest absolute Gasteiger partial charge is 0.496 e. The van der Waals surface area contributed by atoms with Crippen molar-refractivity contribution < 1.29 is 14.3 Å². The summed E-state index contributed by atoms with van der Waals surface area (Å²) >= 11 is 6.12. The van der Waals surface area contributed by atoms with E-state index in [0.717, 1.165) is 44.0 Å². The summed E-state index contributed by atoms with van der Waals surface area (Å²) in [4.78, 5) is 31.2. The quantitative estimate of drug-likeness (QED) is 0.555. The van der Waals surface area contributed by atoms with Crippen molar-refractivity contribution in [2.75, 3.05) is 52.9 Å². The summed E-state index contributed by atoms with van der Waals surface area (Å²) in [6, 6.07) is 14.8. The molecule has 0 aliphatic carbocycles. The van der Waals surface area contributed by atoms with Crippen LogP contribution in [0.25, 0.3) is 6.08 Å². The van der Waals surface area contributed by atoms with E-state index < -0.39 is 0 Å². The minimum atomic E-state index is -0.0537. The number of carbonyl (C=O) groups excluding carboxylic acids is 2. The fourth-order valence-corrected chi connectivity index (χ4v) is 4.09. The van der Waals surface area contributed by atoms with E-state index in [0.29, 0.717) is 30.1 Å². The zero-order valence-corrected chi connectivity index (χ0v) is 20.1. The first-order valence-electron chi connectivity index (χ1n) is 11.4. The van der Waals surface area contributed by atoms with E-state index in [-0.39, 0.29) is 11.8 Å². The summed E-state index contributed by atoms with van der Waals surface area (Å²) in [6.45, 7) is 6.83. The van der Waals surface area contributed by atoms with Gasteiger partial charge in [0.2, 0.25) is 5.91 Å². The third-order valence-electron chi connectivity index (χ3n) is 5.83. The zero-order chi connectivity index (χ0) is 23.6. The van der Waals surface area contributed by atoms with Gasteiger partial charge in [-0.25, -0.2) is 0 Å². The molecular weight excluding hydrogens is 438 g/mol. The molecule has 1 aliphatic rings. The molecule has 3 rings (SSSR count). The van der Waals surface area contributed by atoms with Crippen LogP contribution in [0.2, 0.25) is 5.02 Å². The lowest BCUT2D eigenvalue weighted by Gasteiger charge is -2.35. The van der Waals surface area contributed by atoms with Gasteiger partial charge in [0.25, 0.3) is 5.91 Å². The van der Waals surface area contributed by atoms with Gasteiger partial charge in [0.1, 0.15) is 5.75 Å². The van der Waals surface area contributed by atoms with Gasteiger partial charge < -0.3 is 14.5 Å². The van der Waals surface area contributed by atoms with Crippen LogP contribution in [0, 0.1) is 0 Å². The van der Waals surface area contributed by atoms with Crippen molar-refractivity contribution in [3.05, 3.63) is 70.8 Å². The number of methoxy groups -OCH3 is 1. The van der Waals surface area contributed by atoms with E-state index in [4.69, 9.17) is 16.3 Å². The van der Waals surface area contributed by atoms with Crippen molar-refractivity contribution in [1.82, 2.24) is 14.7 Å². The fourth-order valence-electron chi connectivity index (χ4n) is 3.90. The van der Waals surface area contributed by atoms with E-state index in [2.05, 4.69) is 4.90 Å². The molecule has 1 saturated heterocycles. The molecule has 0 aromatic heterocycles. The van der Waals surface area contributed by atoms with E-state index in [1.54, 1.807) is 31.4 Å². The number of para-hydroxylation sites is 1. The standard InChI is InChI=1S/C26H32ClN3O3/c1-3-25(31)29-17-14-28(15-18-29)16-19-30(26(32)22-9-6-11-23(27)20-22)13-7-10-21-8-4-5-12-24(21)33-2/h4-12,20H,3,13-19H2,1-2H3/b10-7+. The average Bonchev–Trinajstić information content (AvgIpc) is 2.85. The molecule has 2 aromatic rings. The summed E-state index contributed by atoms with van der Waals surface area (Å²) < 4.78 is 5.41. The Labute approximate surface area is 201 Å². The monoisotopic (exact) mass is 469 g/mol. The maximum atomic E-state index is 13.3. The van der Waals surface area contributed by atoms with Gasteiger partial charge in [0.05, 0.1) is 7.11 Å². The molecule has 0 radical (unpaired) electrons. The topological polar surface area (TPSA) is 53.1 Å². The molecule has 176 valence electrons. The minimum Gasteiger partial charge on any atom is -0.496 e. The van der Waals surface area contributed by atoms with Crippen LogP contribution < -0.4 is 4.74 Å². The first-order valence-corrected chi connectivity index (χ1v) is 11.7. The highest BCUT2D eigenvalue weighted by Gasteiger charge is 2.21. The molecule has 2 aromatic carbocycles. The van der Waals surface area contributed by atoms with Crippen molar-refractivity contribution in [3.8, 4) is 5.75 Å². The molecule has 1 aliphatic heterocycles. The van der Waals surface area contributed by atoms with Gasteiger partial charge >= 0.3 is 0 Å². The van der Waals surface area contributed by atoms with Crippen molar-refractivity contribution in [2.24, 2.45) is 0 Å². The van der Waals surface area contributed by atoms with Gasteiger partial charge in [-0.1, -0.05) is 54.9 Å². The van der Waals surface area contributed by atoms with Crippen LogP contribution in [-0.2, 0) is 4.79 Å². The Kier molecular flexibility index (Phi) is 9.34. The maximum absolute atomic E-state index is 13.3. The molecule has 0 atom stereocenters.